The van der Waals surface area contributed by atoms with Crippen molar-refractivity contribution in [2.24, 2.45) is 0 Å². The van der Waals surface area contributed by atoms with Gasteiger partial charge in [0.05, 0.1) is 24.9 Å². The average molecular weight is 388 g/mol. The van der Waals surface area contributed by atoms with Crippen LogP contribution < -0.4 is 15.4 Å². The van der Waals surface area contributed by atoms with Gasteiger partial charge in [0.1, 0.15) is 10.8 Å². The molecule has 0 aliphatic rings. The zero-order chi connectivity index (χ0) is 18.5. The van der Waals surface area contributed by atoms with Gasteiger partial charge in [0, 0.05) is 28.7 Å². The maximum absolute atomic E-state index is 12.0. The smallest absolute Gasteiger partial charge is 0.253 e. The van der Waals surface area contributed by atoms with Crippen molar-refractivity contribution in [2.45, 2.75) is 6.54 Å². The Balaban J connectivity index is 1.75. The lowest BCUT2D eigenvalue weighted by Gasteiger charge is -2.10. The first-order valence-corrected chi connectivity index (χ1v) is 9.21. The standard InChI is InChI=1S/C19H18ClN3O2S/c1-21-18(24)16-9-13(20)6-7-17(16)22-10-14-11-26-19(23-14)12-4-3-5-15(8-12)25-2/h3-9,11,22H,10H2,1-2H3,(H,21,24). The summed E-state index contributed by atoms with van der Waals surface area (Å²) >= 11 is 7.57. The van der Waals surface area contributed by atoms with E-state index in [0.717, 1.165) is 22.0 Å². The Bertz CT molecular complexity index is 927. The Hall–Kier alpha value is -2.57. The number of hydrogen-bond donors (Lipinski definition) is 2. The summed E-state index contributed by atoms with van der Waals surface area (Å²) in [6.07, 6.45) is 0. The fourth-order valence-corrected chi connectivity index (χ4v) is 3.44. The summed E-state index contributed by atoms with van der Waals surface area (Å²) in [6, 6.07) is 13.0. The molecule has 0 saturated carbocycles. The quantitative estimate of drug-likeness (QED) is 0.656. The first-order chi connectivity index (χ1) is 12.6. The van der Waals surface area contributed by atoms with Crippen LogP contribution in [0, 0.1) is 0 Å². The van der Waals surface area contributed by atoms with Gasteiger partial charge in [-0.25, -0.2) is 4.98 Å². The van der Waals surface area contributed by atoms with Crippen LogP contribution in [0.15, 0.2) is 47.8 Å². The van der Waals surface area contributed by atoms with E-state index in [1.165, 1.54) is 0 Å². The van der Waals surface area contributed by atoms with Crippen LogP contribution in [0.4, 0.5) is 5.69 Å². The van der Waals surface area contributed by atoms with E-state index >= 15 is 0 Å². The van der Waals surface area contributed by atoms with Crippen molar-refractivity contribution >= 4 is 34.5 Å². The summed E-state index contributed by atoms with van der Waals surface area (Å²) in [5.41, 5.74) is 3.12. The third-order valence-electron chi connectivity index (χ3n) is 3.78. The number of anilines is 1. The Labute approximate surface area is 161 Å². The van der Waals surface area contributed by atoms with Crippen molar-refractivity contribution in [2.75, 3.05) is 19.5 Å². The van der Waals surface area contributed by atoms with Crippen molar-refractivity contribution in [1.82, 2.24) is 10.3 Å². The normalized spacial score (nSPS) is 10.4. The average Bonchev–Trinajstić information content (AvgIpc) is 3.15. The number of methoxy groups -OCH3 is 1. The van der Waals surface area contributed by atoms with Gasteiger partial charge in [0.25, 0.3) is 5.91 Å². The van der Waals surface area contributed by atoms with E-state index in [0.29, 0.717) is 22.8 Å². The highest BCUT2D eigenvalue weighted by molar-refractivity contribution is 7.13. The summed E-state index contributed by atoms with van der Waals surface area (Å²) in [5.74, 6) is 0.610. The molecule has 0 bridgehead atoms. The molecule has 0 atom stereocenters. The third-order valence-corrected chi connectivity index (χ3v) is 4.96. The number of nitrogens with one attached hydrogen (secondary N) is 2. The van der Waals surface area contributed by atoms with E-state index in [1.54, 1.807) is 43.7 Å². The molecule has 3 rings (SSSR count). The van der Waals surface area contributed by atoms with Crippen molar-refractivity contribution in [1.29, 1.82) is 0 Å². The van der Waals surface area contributed by atoms with Crippen LogP contribution in [-0.4, -0.2) is 25.0 Å². The molecule has 0 spiro atoms. The van der Waals surface area contributed by atoms with Crippen molar-refractivity contribution < 1.29 is 9.53 Å². The SMILES string of the molecule is CNC(=O)c1cc(Cl)ccc1NCc1csc(-c2cccc(OC)c2)n1. The maximum atomic E-state index is 12.0. The number of carbonyl (C=O) groups excluding carboxylic acids is 1. The molecule has 5 nitrogen and oxygen atoms in total. The number of rotatable bonds is 6. The zero-order valence-corrected chi connectivity index (χ0v) is 15.9. The summed E-state index contributed by atoms with van der Waals surface area (Å²) in [7, 11) is 3.24. The van der Waals surface area contributed by atoms with Crippen LogP contribution in [-0.2, 0) is 6.54 Å². The van der Waals surface area contributed by atoms with Gasteiger partial charge in [0.15, 0.2) is 0 Å². The summed E-state index contributed by atoms with van der Waals surface area (Å²) in [5, 5.41) is 9.31. The lowest BCUT2D eigenvalue weighted by atomic mass is 10.1. The molecule has 7 heteroatoms. The Morgan fingerprint density at radius 3 is 2.88 bits per heavy atom. The molecular formula is C19H18ClN3O2S. The second kappa shape index (κ2) is 8.21. The van der Waals surface area contributed by atoms with Gasteiger partial charge >= 0.3 is 0 Å². The fraction of sp³-hybridized carbons (Fsp3) is 0.158. The molecule has 1 aromatic heterocycles. The zero-order valence-electron chi connectivity index (χ0n) is 14.4. The van der Waals surface area contributed by atoms with Crippen molar-refractivity contribution in [3.05, 3.63) is 64.1 Å². The topological polar surface area (TPSA) is 63.2 Å². The molecule has 0 radical (unpaired) electrons. The predicted molar refractivity (Wildman–Crippen MR) is 106 cm³/mol. The Morgan fingerprint density at radius 2 is 2.12 bits per heavy atom. The second-order valence-electron chi connectivity index (χ2n) is 5.50. The highest BCUT2D eigenvalue weighted by Crippen LogP contribution is 2.27. The molecule has 1 amide bonds. The number of halogens is 1. The van der Waals surface area contributed by atoms with E-state index in [4.69, 9.17) is 16.3 Å². The van der Waals surface area contributed by atoms with Gasteiger partial charge in [-0.2, -0.15) is 0 Å². The first-order valence-electron chi connectivity index (χ1n) is 7.95. The van der Waals surface area contributed by atoms with Gasteiger partial charge in [-0.3, -0.25) is 4.79 Å². The fourth-order valence-electron chi connectivity index (χ4n) is 2.46. The molecule has 2 aromatic carbocycles. The Kier molecular flexibility index (Phi) is 5.75. The lowest BCUT2D eigenvalue weighted by molar-refractivity contribution is 0.0964. The number of aromatic nitrogens is 1. The van der Waals surface area contributed by atoms with Gasteiger partial charge in [0.2, 0.25) is 0 Å². The highest BCUT2D eigenvalue weighted by Gasteiger charge is 2.12. The minimum atomic E-state index is -0.189. The molecule has 0 saturated heterocycles. The van der Waals surface area contributed by atoms with E-state index in [1.807, 2.05) is 29.6 Å². The second-order valence-corrected chi connectivity index (χ2v) is 6.79. The van der Waals surface area contributed by atoms with Gasteiger partial charge in [-0.05, 0) is 30.3 Å². The molecule has 26 heavy (non-hydrogen) atoms. The number of carbonyl (C=O) groups is 1. The molecule has 0 aliphatic carbocycles. The molecule has 0 aliphatic heterocycles. The number of amides is 1. The Morgan fingerprint density at radius 1 is 1.27 bits per heavy atom. The van der Waals surface area contributed by atoms with Crippen LogP contribution in [0.25, 0.3) is 10.6 Å². The van der Waals surface area contributed by atoms with Gasteiger partial charge in [-0.1, -0.05) is 23.7 Å². The van der Waals surface area contributed by atoms with E-state index < -0.39 is 0 Å². The largest absolute Gasteiger partial charge is 0.497 e. The van der Waals surface area contributed by atoms with Crippen LogP contribution >= 0.6 is 22.9 Å². The lowest BCUT2D eigenvalue weighted by Crippen LogP contribution is -2.19. The number of ether oxygens (including phenoxy) is 1. The van der Waals surface area contributed by atoms with E-state index in [2.05, 4.69) is 15.6 Å². The van der Waals surface area contributed by atoms with Crippen molar-refractivity contribution in [3.8, 4) is 16.3 Å². The van der Waals surface area contributed by atoms with Gasteiger partial charge < -0.3 is 15.4 Å². The molecule has 3 aromatic rings. The monoisotopic (exact) mass is 387 g/mol. The van der Waals surface area contributed by atoms with Crippen LogP contribution in [0.2, 0.25) is 5.02 Å². The number of nitrogens with zero attached hydrogens (tertiary/aromatic N) is 1. The van der Waals surface area contributed by atoms with Crippen LogP contribution in [0.1, 0.15) is 16.1 Å². The number of benzene rings is 2. The molecule has 0 unspecified atom stereocenters. The number of thiazole rings is 1. The molecule has 134 valence electrons. The van der Waals surface area contributed by atoms with Crippen LogP contribution in [0.3, 0.4) is 0 Å². The van der Waals surface area contributed by atoms with E-state index in [-0.39, 0.29) is 5.91 Å². The molecular weight excluding hydrogens is 370 g/mol. The summed E-state index contributed by atoms with van der Waals surface area (Å²) < 4.78 is 5.26. The minimum absolute atomic E-state index is 0.189. The molecule has 2 N–H and O–H groups in total. The summed E-state index contributed by atoms with van der Waals surface area (Å²) in [4.78, 5) is 16.7. The van der Waals surface area contributed by atoms with Crippen molar-refractivity contribution in [3.63, 3.8) is 0 Å². The molecule has 0 fully saturated rings. The minimum Gasteiger partial charge on any atom is -0.497 e. The maximum Gasteiger partial charge on any atom is 0.253 e. The van der Waals surface area contributed by atoms with Crippen LogP contribution in [0.5, 0.6) is 5.75 Å². The van der Waals surface area contributed by atoms with Gasteiger partial charge in [-0.15, -0.1) is 11.3 Å². The third kappa shape index (κ3) is 4.15. The highest BCUT2D eigenvalue weighted by atomic mass is 35.5. The predicted octanol–water partition coefficient (Wildman–Crippen LogP) is 4.44. The summed E-state index contributed by atoms with van der Waals surface area (Å²) in [6.45, 7) is 0.506. The van der Waals surface area contributed by atoms with E-state index in [9.17, 15) is 4.79 Å². The first kappa shape index (κ1) is 18.2. The number of hydrogen-bond acceptors (Lipinski definition) is 5. The molecule has 1 heterocycles.